The van der Waals surface area contributed by atoms with Crippen molar-refractivity contribution in [3.63, 3.8) is 0 Å². The predicted octanol–water partition coefficient (Wildman–Crippen LogP) is 2.48. The summed E-state index contributed by atoms with van der Waals surface area (Å²) in [5.41, 5.74) is 1.04. The number of hydrogen-bond acceptors (Lipinski definition) is 6. The van der Waals surface area contributed by atoms with E-state index in [1.807, 2.05) is 7.05 Å². The summed E-state index contributed by atoms with van der Waals surface area (Å²) < 4.78 is 29.0. The van der Waals surface area contributed by atoms with Gasteiger partial charge in [0.05, 0.1) is 27.2 Å². The zero-order chi connectivity index (χ0) is 21.3. The van der Waals surface area contributed by atoms with E-state index in [-0.39, 0.29) is 10.5 Å². The minimum atomic E-state index is -3.84. The van der Waals surface area contributed by atoms with E-state index in [1.54, 1.807) is 36.7 Å². The van der Waals surface area contributed by atoms with Crippen molar-refractivity contribution in [2.24, 2.45) is 0 Å². The molecule has 0 bridgehead atoms. The zero-order valence-electron chi connectivity index (χ0n) is 16.3. The van der Waals surface area contributed by atoms with Crippen LogP contribution in [-0.4, -0.2) is 71.8 Å². The summed E-state index contributed by atoms with van der Waals surface area (Å²) in [6.07, 6.45) is 5.75. The number of piperazine rings is 1. The van der Waals surface area contributed by atoms with Gasteiger partial charge in [-0.2, -0.15) is 9.04 Å². The smallest absolute Gasteiger partial charge is 0.244 e. The van der Waals surface area contributed by atoms with Gasteiger partial charge >= 0.3 is 0 Å². The van der Waals surface area contributed by atoms with Gasteiger partial charge in [0.2, 0.25) is 15.7 Å². The number of fused-ring (bicyclic) bond motifs is 1. The molecule has 3 heterocycles. The predicted molar refractivity (Wildman–Crippen MR) is 116 cm³/mol. The Hall–Kier alpha value is -2.59. The van der Waals surface area contributed by atoms with Crippen molar-refractivity contribution in [2.75, 3.05) is 33.2 Å². The molecule has 30 heavy (non-hydrogen) atoms. The quantitative estimate of drug-likeness (QED) is 0.265. The van der Waals surface area contributed by atoms with E-state index in [0.717, 1.165) is 0 Å². The second-order valence-electron chi connectivity index (χ2n) is 7.07. The number of hydrogen-bond donors (Lipinski definition) is 0. The third kappa shape index (κ3) is 4.01. The number of rotatable bonds is 4. The molecule has 1 aliphatic rings. The molecule has 0 amide bonds. The van der Waals surface area contributed by atoms with Gasteiger partial charge in [-0.3, -0.25) is 9.97 Å². The number of nitrogens with zero attached hydrogens (tertiary/aromatic N) is 5. The Morgan fingerprint density at radius 3 is 2.63 bits per heavy atom. The second-order valence-corrected chi connectivity index (χ2v) is 9.39. The fourth-order valence-corrected chi connectivity index (χ4v) is 5.14. The molecular formula is C20H20ClN5O3S. The fourth-order valence-electron chi connectivity index (χ4n) is 3.33. The Balaban J connectivity index is 1.88. The van der Waals surface area contributed by atoms with Crippen molar-refractivity contribution >= 4 is 44.4 Å². The van der Waals surface area contributed by atoms with Crippen LogP contribution in [-0.2, 0) is 10.0 Å². The average molecular weight is 446 g/mol. The normalized spacial score (nSPS) is 16.8. The largest absolute Gasteiger partial charge is 0.618 e. The van der Waals surface area contributed by atoms with Gasteiger partial charge in [0.25, 0.3) is 0 Å². The summed E-state index contributed by atoms with van der Waals surface area (Å²) in [5.74, 6) is 0. The summed E-state index contributed by atoms with van der Waals surface area (Å²) in [7, 11) is -1.89. The molecule has 1 fully saturated rings. The number of pyridine rings is 2. The summed E-state index contributed by atoms with van der Waals surface area (Å²) in [4.78, 5) is 10.3. The highest BCUT2D eigenvalue weighted by Crippen LogP contribution is 2.29. The first-order valence-electron chi connectivity index (χ1n) is 9.34. The molecule has 1 aromatic carbocycles. The summed E-state index contributed by atoms with van der Waals surface area (Å²) in [6, 6.07) is 7.92. The molecule has 1 aliphatic heterocycles. The highest BCUT2D eigenvalue weighted by atomic mass is 35.5. The molecule has 1 saturated heterocycles. The molecular weight excluding hydrogens is 426 g/mol. The van der Waals surface area contributed by atoms with E-state index in [9.17, 15) is 13.6 Å². The summed E-state index contributed by atoms with van der Waals surface area (Å²) >= 11 is 6.29. The highest BCUT2D eigenvalue weighted by molar-refractivity contribution is 7.89. The van der Waals surface area contributed by atoms with Gasteiger partial charge in [0.1, 0.15) is 0 Å². The van der Waals surface area contributed by atoms with Crippen LogP contribution in [0.15, 0.2) is 53.8 Å². The maximum atomic E-state index is 13.5. The lowest BCUT2D eigenvalue weighted by atomic mass is 10.1. The van der Waals surface area contributed by atoms with Crippen LogP contribution < -0.4 is 0 Å². The van der Waals surface area contributed by atoms with Crippen LogP contribution >= 0.6 is 11.6 Å². The Morgan fingerprint density at radius 2 is 1.93 bits per heavy atom. The van der Waals surface area contributed by atoms with Crippen LogP contribution in [0.5, 0.6) is 0 Å². The zero-order valence-corrected chi connectivity index (χ0v) is 17.8. The van der Waals surface area contributed by atoms with Gasteiger partial charge in [-0.05, 0) is 31.3 Å². The molecule has 0 atom stereocenters. The lowest BCUT2D eigenvalue weighted by molar-refractivity contribution is -0.354. The van der Waals surface area contributed by atoms with Crippen LogP contribution in [0.3, 0.4) is 0 Å². The third-order valence-corrected chi connectivity index (χ3v) is 7.34. The SMILES string of the molecule is CN1CCN(S(=O)(=O)c2cc3c(Cl)ccnc3cc2/C=[N+](\[O-])c2cccnc2)CC1. The number of aromatic nitrogens is 2. The van der Waals surface area contributed by atoms with Crippen molar-refractivity contribution in [1.29, 1.82) is 0 Å². The van der Waals surface area contributed by atoms with Crippen LogP contribution in [0, 0.1) is 5.21 Å². The summed E-state index contributed by atoms with van der Waals surface area (Å²) in [6.45, 7) is 2.02. The third-order valence-electron chi connectivity index (χ3n) is 5.06. The van der Waals surface area contributed by atoms with Crippen molar-refractivity contribution in [2.45, 2.75) is 4.90 Å². The topological polar surface area (TPSA) is 92.5 Å². The highest BCUT2D eigenvalue weighted by Gasteiger charge is 2.30. The maximum Gasteiger partial charge on any atom is 0.244 e. The van der Waals surface area contributed by atoms with Gasteiger partial charge in [-0.1, -0.05) is 11.6 Å². The second kappa shape index (κ2) is 8.27. The maximum absolute atomic E-state index is 13.5. The van der Waals surface area contributed by atoms with E-state index >= 15 is 0 Å². The van der Waals surface area contributed by atoms with Gasteiger partial charge in [0, 0.05) is 50.0 Å². The summed E-state index contributed by atoms with van der Waals surface area (Å²) in [5, 5.41) is 13.6. The fraction of sp³-hybridized carbons (Fsp3) is 0.250. The Morgan fingerprint density at radius 1 is 1.17 bits per heavy atom. The van der Waals surface area contributed by atoms with Gasteiger partial charge < -0.3 is 10.1 Å². The molecule has 0 unspecified atom stereocenters. The van der Waals surface area contributed by atoms with E-state index in [1.165, 1.54) is 22.8 Å². The van der Waals surface area contributed by atoms with E-state index in [4.69, 9.17) is 11.6 Å². The van der Waals surface area contributed by atoms with Crippen LogP contribution in [0.4, 0.5) is 5.69 Å². The molecule has 0 saturated carbocycles. The standard InChI is InChI=1S/C20H20ClN5O3S/c1-24-7-9-25(10-8-24)30(28,29)20-12-17-18(21)4-6-23-19(17)11-15(20)14-26(27)16-3-2-5-22-13-16/h2-6,11-14H,7-10H2,1H3/b26-14-. The Kier molecular flexibility index (Phi) is 5.70. The monoisotopic (exact) mass is 445 g/mol. The molecule has 4 rings (SSSR count). The van der Waals surface area contributed by atoms with Crippen molar-refractivity contribution in [3.05, 3.63) is 64.7 Å². The molecule has 0 radical (unpaired) electrons. The molecule has 0 N–H and O–H groups in total. The first-order valence-corrected chi connectivity index (χ1v) is 11.2. The molecule has 3 aromatic rings. The van der Waals surface area contributed by atoms with Gasteiger partial charge in [0.15, 0.2) is 6.21 Å². The van der Waals surface area contributed by atoms with E-state index in [0.29, 0.717) is 52.5 Å². The molecule has 8 nitrogen and oxygen atoms in total. The van der Waals surface area contributed by atoms with Gasteiger partial charge in [-0.15, -0.1) is 0 Å². The molecule has 2 aromatic heterocycles. The number of halogens is 1. The van der Waals surface area contributed by atoms with Crippen molar-refractivity contribution in [1.82, 2.24) is 19.2 Å². The Labute approximate surface area is 179 Å². The van der Waals surface area contributed by atoms with Crippen molar-refractivity contribution in [3.8, 4) is 0 Å². The van der Waals surface area contributed by atoms with Crippen molar-refractivity contribution < 1.29 is 13.2 Å². The number of benzene rings is 1. The first kappa shape index (κ1) is 20.7. The van der Waals surface area contributed by atoms with Gasteiger partial charge in [-0.25, -0.2) is 8.42 Å². The lowest BCUT2D eigenvalue weighted by Crippen LogP contribution is -2.47. The number of likely N-dealkylation sites (N-methyl/N-ethyl adjacent to an activating group) is 1. The molecule has 156 valence electrons. The minimum absolute atomic E-state index is 0.0270. The van der Waals surface area contributed by atoms with Crippen LogP contribution in [0.25, 0.3) is 10.9 Å². The minimum Gasteiger partial charge on any atom is -0.618 e. The van der Waals surface area contributed by atoms with Crippen LogP contribution in [0.2, 0.25) is 5.02 Å². The average Bonchev–Trinajstić information content (AvgIpc) is 2.74. The lowest BCUT2D eigenvalue weighted by Gasteiger charge is -2.31. The van der Waals surface area contributed by atoms with E-state index in [2.05, 4.69) is 14.9 Å². The molecule has 0 aliphatic carbocycles. The first-order chi connectivity index (χ1) is 14.4. The van der Waals surface area contributed by atoms with Crippen LogP contribution in [0.1, 0.15) is 5.56 Å². The van der Waals surface area contributed by atoms with E-state index < -0.39 is 10.0 Å². The Bertz CT molecular complexity index is 1210. The number of sulfonamides is 1. The molecule has 0 spiro atoms. The molecule has 10 heteroatoms.